The van der Waals surface area contributed by atoms with Crippen molar-refractivity contribution in [2.24, 2.45) is 5.92 Å². The lowest BCUT2D eigenvalue weighted by atomic mass is 9.81. The Bertz CT molecular complexity index is 773. The van der Waals surface area contributed by atoms with Crippen molar-refractivity contribution in [3.63, 3.8) is 0 Å². The molecule has 7 heteroatoms. The molecule has 1 aromatic rings. The fourth-order valence-corrected chi connectivity index (χ4v) is 4.10. The molecule has 0 unspecified atom stereocenters. The molecule has 0 spiro atoms. The third-order valence-corrected chi connectivity index (χ3v) is 6.11. The van der Waals surface area contributed by atoms with E-state index >= 15 is 0 Å². The molecule has 178 valence electrons. The zero-order chi connectivity index (χ0) is 23.4. The number of carbonyl (C=O) groups excluding carboxylic acids is 2. The van der Waals surface area contributed by atoms with Crippen LogP contribution in [-0.2, 0) is 25.6 Å². The minimum atomic E-state index is -0.779. The minimum absolute atomic E-state index is 0.0683. The summed E-state index contributed by atoms with van der Waals surface area (Å²) in [7, 11) is 1.66. The van der Waals surface area contributed by atoms with Crippen LogP contribution in [0.25, 0.3) is 0 Å². The maximum atomic E-state index is 12.9. The average Bonchev–Trinajstić information content (AvgIpc) is 3.50. The van der Waals surface area contributed by atoms with Crippen LogP contribution in [0.15, 0.2) is 24.3 Å². The quantitative estimate of drug-likeness (QED) is 0.564. The summed E-state index contributed by atoms with van der Waals surface area (Å²) in [6.07, 6.45) is 4.07. The number of benzene rings is 1. The first-order valence-corrected chi connectivity index (χ1v) is 11.5. The number of hydrogen-bond acceptors (Lipinski definition) is 6. The van der Waals surface area contributed by atoms with Crippen molar-refractivity contribution < 1.29 is 28.5 Å². The number of ether oxygens (including phenoxy) is 4. The van der Waals surface area contributed by atoms with Crippen LogP contribution in [0, 0.1) is 5.92 Å². The zero-order valence-corrected chi connectivity index (χ0v) is 19.9. The molecule has 2 aliphatic rings. The Morgan fingerprint density at radius 3 is 2.31 bits per heavy atom. The van der Waals surface area contributed by atoms with E-state index in [2.05, 4.69) is 5.32 Å². The smallest absolute Gasteiger partial charge is 0.408 e. The number of hydrogen-bond donors (Lipinski definition) is 1. The number of amides is 1. The summed E-state index contributed by atoms with van der Waals surface area (Å²) < 4.78 is 22.0. The topological polar surface area (TPSA) is 86.4 Å². The van der Waals surface area contributed by atoms with Crippen LogP contribution < -0.4 is 10.1 Å². The Labute approximate surface area is 191 Å². The molecule has 1 amide bonds. The van der Waals surface area contributed by atoms with Gasteiger partial charge in [-0.1, -0.05) is 12.1 Å². The van der Waals surface area contributed by atoms with Crippen molar-refractivity contribution in [2.75, 3.05) is 13.7 Å². The molecule has 0 bridgehead atoms. The fraction of sp³-hybridized carbons (Fsp3) is 0.680. The number of carbonyl (C=O) groups is 2. The Morgan fingerprint density at radius 1 is 1.16 bits per heavy atom. The first kappa shape index (κ1) is 24.5. The van der Waals surface area contributed by atoms with Crippen molar-refractivity contribution in [2.45, 2.75) is 89.8 Å². The molecule has 1 heterocycles. The number of alkyl carbamates (subject to hydrolysis) is 1. The first-order valence-electron chi connectivity index (χ1n) is 11.5. The van der Waals surface area contributed by atoms with E-state index in [4.69, 9.17) is 18.9 Å². The highest BCUT2D eigenvalue weighted by atomic mass is 16.6. The van der Waals surface area contributed by atoms with Gasteiger partial charge in [0.05, 0.1) is 32.5 Å². The van der Waals surface area contributed by atoms with Crippen molar-refractivity contribution in [1.29, 1.82) is 0 Å². The molecule has 2 atom stereocenters. The summed E-state index contributed by atoms with van der Waals surface area (Å²) in [6, 6.07) is 7.31. The van der Waals surface area contributed by atoms with E-state index in [0.717, 1.165) is 37.0 Å². The van der Waals surface area contributed by atoms with Gasteiger partial charge in [0, 0.05) is 0 Å². The number of nitrogens with one attached hydrogen (secondary N) is 1. The molecule has 1 saturated carbocycles. The third-order valence-electron chi connectivity index (χ3n) is 6.11. The first-order chi connectivity index (χ1) is 15.1. The van der Waals surface area contributed by atoms with E-state index in [1.807, 2.05) is 45.0 Å². The van der Waals surface area contributed by atoms with Gasteiger partial charge < -0.3 is 24.3 Å². The van der Waals surface area contributed by atoms with Crippen LogP contribution in [0.5, 0.6) is 5.75 Å². The van der Waals surface area contributed by atoms with Crippen molar-refractivity contribution >= 4 is 11.9 Å². The normalized spacial score (nSPS) is 26.2. The predicted molar refractivity (Wildman–Crippen MR) is 121 cm³/mol. The summed E-state index contributed by atoms with van der Waals surface area (Å²) in [5.41, 5.74) is -0.271. The molecule has 0 radical (unpaired) electrons. The van der Waals surface area contributed by atoms with Gasteiger partial charge in [0.15, 0.2) is 5.78 Å². The summed E-state index contributed by atoms with van der Waals surface area (Å²) in [5.74, 6) is 1.12. The molecule has 1 saturated heterocycles. The van der Waals surface area contributed by atoms with E-state index in [1.165, 1.54) is 0 Å². The van der Waals surface area contributed by atoms with Gasteiger partial charge in [-0.25, -0.2) is 4.79 Å². The van der Waals surface area contributed by atoms with Crippen LogP contribution in [-0.4, -0.2) is 48.9 Å². The molecule has 7 nitrogen and oxygen atoms in total. The second-order valence-corrected chi connectivity index (χ2v) is 10.1. The van der Waals surface area contributed by atoms with Crippen molar-refractivity contribution in [3.05, 3.63) is 29.8 Å². The highest BCUT2D eigenvalue weighted by Gasteiger charge is 2.50. The number of ketones is 1. The maximum Gasteiger partial charge on any atom is 0.408 e. The molecule has 0 aromatic heterocycles. The van der Waals surface area contributed by atoms with Crippen molar-refractivity contribution in [3.8, 4) is 5.75 Å². The van der Waals surface area contributed by atoms with Crippen LogP contribution in [0.4, 0.5) is 4.79 Å². The molecule has 1 aromatic carbocycles. The Balaban J connectivity index is 1.48. The van der Waals surface area contributed by atoms with E-state index < -0.39 is 23.3 Å². The standard InChI is InChI=1S/C25H37NO6/c1-24(2,3)32-23(28)26-21(22(27)25(4)16-31-25)14-17-6-12-20(13-7-17)30-15-18-8-10-19(29-5)11-9-18/h8-11,17,20-21H,6-7,12-16H2,1-5H3,(H,26,28)/t17?,20?,21-,25+/m0/s1. The summed E-state index contributed by atoms with van der Waals surface area (Å²) >= 11 is 0. The number of rotatable bonds is 9. The predicted octanol–water partition coefficient (Wildman–Crippen LogP) is 4.41. The third kappa shape index (κ3) is 7.20. The molecule has 32 heavy (non-hydrogen) atoms. The van der Waals surface area contributed by atoms with Crippen LogP contribution in [0.1, 0.15) is 65.4 Å². The van der Waals surface area contributed by atoms with Gasteiger partial charge in [-0.15, -0.1) is 0 Å². The highest BCUT2D eigenvalue weighted by Crippen LogP contribution is 2.34. The fourth-order valence-electron chi connectivity index (χ4n) is 4.10. The van der Waals surface area contributed by atoms with Gasteiger partial charge in [0.2, 0.25) is 0 Å². The summed E-state index contributed by atoms with van der Waals surface area (Å²) in [6.45, 7) is 8.19. The summed E-state index contributed by atoms with van der Waals surface area (Å²) in [5, 5.41) is 2.80. The maximum absolute atomic E-state index is 12.9. The molecule has 1 N–H and O–H groups in total. The highest BCUT2D eigenvalue weighted by molar-refractivity contribution is 5.95. The Morgan fingerprint density at radius 2 is 1.78 bits per heavy atom. The minimum Gasteiger partial charge on any atom is -0.497 e. The number of methoxy groups -OCH3 is 1. The van der Waals surface area contributed by atoms with Crippen LogP contribution in [0.3, 0.4) is 0 Å². The van der Waals surface area contributed by atoms with Crippen LogP contribution in [0.2, 0.25) is 0 Å². The molecule has 1 aliphatic carbocycles. The molecular weight excluding hydrogens is 410 g/mol. The Hall–Kier alpha value is -2.12. The van der Waals surface area contributed by atoms with E-state index in [1.54, 1.807) is 14.0 Å². The lowest BCUT2D eigenvalue weighted by Crippen LogP contribution is -2.48. The monoisotopic (exact) mass is 447 g/mol. The van der Waals surface area contributed by atoms with Gasteiger partial charge in [-0.05, 0) is 83.4 Å². The van der Waals surface area contributed by atoms with Gasteiger partial charge in [-0.3, -0.25) is 4.79 Å². The van der Waals surface area contributed by atoms with Gasteiger partial charge in [-0.2, -0.15) is 0 Å². The van der Waals surface area contributed by atoms with Gasteiger partial charge in [0.25, 0.3) is 0 Å². The van der Waals surface area contributed by atoms with Crippen molar-refractivity contribution in [1.82, 2.24) is 5.32 Å². The number of epoxide rings is 1. The SMILES string of the molecule is COc1ccc(COC2CCC(C[C@H](NC(=O)OC(C)(C)C)C(=O)[C@@]3(C)CO3)CC2)cc1. The van der Waals surface area contributed by atoms with Crippen LogP contribution >= 0.6 is 0 Å². The lowest BCUT2D eigenvalue weighted by Gasteiger charge is -2.31. The molecular formula is C25H37NO6. The van der Waals surface area contributed by atoms with E-state index in [9.17, 15) is 9.59 Å². The second-order valence-electron chi connectivity index (χ2n) is 10.1. The van der Waals surface area contributed by atoms with E-state index in [0.29, 0.717) is 25.6 Å². The largest absolute Gasteiger partial charge is 0.497 e. The molecule has 2 fully saturated rings. The van der Waals surface area contributed by atoms with Gasteiger partial charge in [0.1, 0.15) is 17.0 Å². The molecule has 1 aliphatic heterocycles. The lowest BCUT2D eigenvalue weighted by molar-refractivity contribution is -0.126. The van der Waals surface area contributed by atoms with E-state index in [-0.39, 0.29) is 11.9 Å². The average molecular weight is 448 g/mol. The molecule has 3 rings (SSSR count). The second kappa shape index (κ2) is 10.2. The summed E-state index contributed by atoms with van der Waals surface area (Å²) in [4.78, 5) is 25.3. The number of Topliss-reactive ketones (excluding diaryl/α,β-unsaturated/α-hetero) is 1. The van der Waals surface area contributed by atoms with Gasteiger partial charge >= 0.3 is 6.09 Å². The zero-order valence-electron chi connectivity index (χ0n) is 19.9. The Kier molecular flexibility index (Phi) is 7.83.